The topological polar surface area (TPSA) is 50.2 Å². The van der Waals surface area contributed by atoms with Crippen LogP contribution in [0.2, 0.25) is 0 Å². The zero-order chi connectivity index (χ0) is 19.3. The molecule has 2 heterocycles. The van der Waals surface area contributed by atoms with Crippen LogP contribution in [-0.4, -0.2) is 40.7 Å². The largest absolute Gasteiger partial charge is 0.341 e. The van der Waals surface area contributed by atoms with Gasteiger partial charge in [-0.25, -0.2) is 4.68 Å². The number of benzene rings is 2. The lowest BCUT2D eigenvalue weighted by Gasteiger charge is -2.26. The number of carbonyl (C=O) groups is 1. The number of nitrogens with zero attached hydrogens (tertiary/aromatic N) is 3. The molecule has 1 aliphatic rings. The molecule has 1 aliphatic heterocycles. The van der Waals surface area contributed by atoms with E-state index in [-0.39, 0.29) is 11.8 Å². The smallest absolute Gasteiger partial charge is 0.225 e. The first kappa shape index (κ1) is 18.4. The maximum absolute atomic E-state index is 12.9. The molecule has 1 saturated heterocycles. The number of aromatic nitrogens is 2. The van der Waals surface area contributed by atoms with Gasteiger partial charge in [-0.2, -0.15) is 5.10 Å². The Balaban J connectivity index is 1.63. The van der Waals surface area contributed by atoms with Crippen molar-refractivity contribution in [3.05, 3.63) is 72.4 Å². The van der Waals surface area contributed by atoms with E-state index >= 15 is 0 Å². The number of hydrogen-bond acceptors (Lipinski definition) is 3. The number of hydrogen-bond donors (Lipinski definition) is 1. The van der Waals surface area contributed by atoms with Gasteiger partial charge in [-0.3, -0.25) is 4.79 Å². The minimum atomic E-state index is 0.121. The summed E-state index contributed by atoms with van der Waals surface area (Å²) in [5.41, 5.74) is 4.06. The van der Waals surface area contributed by atoms with Gasteiger partial charge in [0.1, 0.15) is 0 Å². The van der Waals surface area contributed by atoms with Gasteiger partial charge in [-0.1, -0.05) is 48.5 Å². The summed E-state index contributed by atoms with van der Waals surface area (Å²) in [5.74, 6) is 0.351. The summed E-state index contributed by atoms with van der Waals surface area (Å²) in [6, 6.07) is 20.3. The van der Waals surface area contributed by atoms with Crippen LogP contribution in [0.1, 0.15) is 18.4 Å². The van der Waals surface area contributed by atoms with Crippen molar-refractivity contribution in [2.24, 2.45) is 5.92 Å². The van der Waals surface area contributed by atoms with Crippen LogP contribution in [0.3, 0.4) is 0 Å². The predicted octanol–water partition coefficient (Wildman–Crippen LogP) is 3.50. The van der Waals surface area contributed by atoms with Gasteiger partial charge in [0.2, 0.25) is 5.91 Å². The number of rotatable bonds is 5. The fraction of sp³-hybridized carbons (Fsp3) is 0.304. The van der Waals surface area contributed by atoms with Gasteiger partial charge in [0.05, 0.1) is 11.4 Å². The third-order valence-corrected chi connectivity index (χ3v) is 5.33. The van der Waals surface area contributed by atoms with E-state index in [0.29, 0.717) is 6.54 Å². The van der Waals surface area contributed by atoms with Crippen molar-refractivity contribution < 1.29 is 4.79 Å². The lowest BCUT2D eigenvalue weighted by atomic mass is 9.96. The summed E-state index contributed by atoms with van der Waals surface area (Å²) in [5, 5.41) is 8.17. The van der Waals surface area contributed by atoms with Crippen LogP contribution in [0.5, 0.6) is 0 Å². The first-order valence-electron chi connectivity index (χ1n) is 9.87. The summed E-state index contributed by atoms with van der Waals surface area (Å²) < 4.78 is 1.90. The van der Waals surface area contributed by atoms with E-state index in [2.05, 4.69) is 17.4 Å². The first-order valence-corrected chi connectivity index (χ1v) is 9.87. The Morgan fingerprint density at radius 1 is 1.07 bits per heavy atom. The molecule has 0 spiro atoms. The second-order valence-corrected chi connectivity index (χ2v) is 7.37. The van der Waals surface area contributed by atoms with Crippen LogP contribution in [0.15, 0.2) is 66.9 Å². The maximum atomic E-state index is 12.9. The molecule has 1 aromatic heterocycles. The Hall–Kier alpha value is -2.92. The second-order valence-electron chi connectivity index (χ2n) is 7.37. The van der Waals surface area contributed by atoms with Crippen molar-refractivity contribution in [2.45, 2.75) is 19.4 Å². The SMILES string of the molecule is CN(Cc1cn(-c2ccccc2)nc1-c1ccccc1)C(=O)C1CCNCC1. The highest BCUT2D eigenvalue weighted by Crippen LogP contribution is 2.25. The van der Waals surface area contributed by atoms with Gasteiger partial charge < -0.3 is 10.2 Å². The molecule has 1 fully saturated rings. The van der Waals surface area contributed by atoms with Crippen LogP contribution in [0.4, 0.5) is 0 Å². The van der Waals surface area contributed by atoms with Gasteiger partial charge in [0, 0.05) is 36.8 Å². The zero-order valence-corrected chi connectivity index (χ0v) is 16.2. The molecule has 0 unspecified atom stereocenters. The van der Waals surface area contributed by atoms with Crippen LogP contribution < -0.4 is 5.32 Å². The molecule has 0 aliphatic carbocycles. The summed E-state index contributed by atoms with van der Waals surface area (Å²) >= 11 is 0. The third-order valence-electron chi connectivity index (χ3n) is 5.33. The quantitative estimate of drug-likeness (QED) is 0.744. The number of carbonyl (C=O) groups excluding carboxylic acids is 1. The van der Waals surface area contributed by atoms with E-state index < -0.39 is 0 Å². The molecule has 1 amide bonds. The molecular formula is C23H26N4O. The molecule has 5 heteroatoms. The van der Waals surface area contributed by atoms with Crippen LogP contribution in [0, 0.1) is 5.92 Å². The summed E-state index contributed by atoms with van der Waals surface area (Å²) in [7, 11) is 1.90. The number of amides is 1. The van der Waals surface area contributed by atoms with E-state index in [9.17, 15) is 4.79 Å². The number of nitrogens with one attached hydrogen (secondary N) is 1. The van der Waals surface area contributed by atoms with Crippen molar-refractivity contribution >= 4 is 5.91 Å². The van der Waals surface area contributed by atoms with Gasteiger partial charge in [0.15, 0.2) is 0 Å². The van der Waals surface area contributed by atoms with Gasteiger partial charge in [-0.15, -0.1) is 0 Å². The Labute approximate surface area is 166 Å². The lowest BCUT2D eigenvalue weighted by Crippen LogP contribution is -2.38. The van der Waals surface area contributed by atoms with Gasteiger partial charge >= 0.3 is 0 Å². The van der Waals surface area contributed by atoms with E-state index in [1.807, 2.05) is 71.4 Å². The zero-order valence-electron chi connectivity index (χ0n) is 16.2. The number of para-hydroxylation sites is 1. The molecule has 144 valence electrons. The highest BCUT2D eigenvalue weighted by Gasteiger charge is 2.25. The molecule has 3 aromatic rings. The van der Waals surface area contributed by atoms with Crippen molar-refractivity contribution in [2.75, 3.05) is 20.1 Å². The Morgan fingerprint density at radius 2 is 1.71 bits per heavy atom. The predicted molar refractivity (Wildman–Crippen MR) is 111 cm³/mol. The third kappa shape index (κ3) is 3.99. The van der Waals surface area contributed by atoms with Crippen LogP contribution in [-0.2, 0) is 11.3 Å². The van der Waals surface area contributed by atoms with Crippen LogP contribution >= 0.6 is 0 Å². The first-order chi connectivity index (χ1) is 13.7. The minimum Gasteiger partial charge on any atom is -0.341 e. The van der Waals surface area contributed by atoms with Crippen molar-refractivity contribution in [3.8, 4) is 16.9 Å². The summed E-state index contributed by atoms with van der Waals surface area (Å²) in [6.45, 7) is 2.40. The molecule has 0 radical (unpaired) electrons. The molecular weight excluding hydrogens is 348 g/mol. The van der Waals surface area contributed by atoms with Crippen molar-refractivity contribution in [1.82, 2.24) is 20.0 Å². The molecule has 28 heavy (non-hydrogen) atoms. The van der Waals surface area contributed by atoms with E-state index in [1.54, 1.807) is 0 Å². The van der Waals surface area contributed by atoms with E-state index in [4.69, 9.17) is 5.10 Å². The fourth-order valence-corrected chi connectivity index (χ4v) is 3.79. The Kier molecular flexibility index (Phi) is 5.53. The molecule has 0 atom stereocenters. The molecule has 0 bridgehead atoms. The average molecular weight is 374 g/mol. The summed E-state index contributed by atoms with van der Waals surface area (Å²) in [4.78, 5) is 14.8. The van der Waals surface area contributed by atoms with Crippen molar-refractivity contribution in [3.63, 3.8) is 0 Å². The minimum absolute atomic E-state index is 0.121. The van der Waals surface area contributed by atoms with Crippen LogP contribution in [0.25, 0.3) is 16.9 Å². The highest BCUT2D eigenvalue weighted by molar-refractivity contribution is 5.79. The molecule has 5 nitrogen and oxygen atoms in total. The molecule has 0 saturated carbocycles. The fourth-order valence-electron chi connectivity index (χ4n) is 3.79. The van der Waals surface area contributed by atoms with Gasteiger partial charge in [0.25, 0.3) is 0 Å². The molecule has 4 rings (SSSR count). The molecule has 1 N–H and O–H groups in total. The van der Waals surface area contributed by atoms with Gasteiger partial charge in [-0.05, 0) is 38.1 Å². The lowest BCUT2D eigenvalue weighted by molar-refractivity contribution is -0.135. The Bertz CT molecular complexity index is 914. The molecule has 2 aromatic carbocycles. The number of piperidine rings is 1. The summed E-state index contributed by atoms with van der Waals surface area (Å²) in [6.07, 6.45) is 3.87. The van der Waals surface area contributed by atoms with Crippen molar-refractivity contribution in [1.29, 1.82) is 0 Å². The second kappa shape index (κ2) is 8.40. The van der Waals surface area contributed by atoms with E-state index in [0.717, 1.165) is 48.4 Å². The Morgan fingerprint density at radius 3 is 2.39 bits per heavy atom. The average Bonchev–Trinajstić information content (AvgIpc) is 3.19. The standard InChI is InChI=1S/C23H26N4O/c1-26(23(28)19-12-14-24-15-13-19)16-20-17-27(21-10-6-3-7-11-21)25-22(20)18-8-4-2-5-9-18/h2-11,17,19,24H,12-16H2,1H3. The highest BCUT2D eigenvalue weighted by atomic mass is 16.2. The van der Waals surface area contributed by atoms with E-state index in [1.165, 1.54) is 0 Å². The maximum Gasteiger partial charge on any atom is 0.225 e. The normalized spacial score (nSPS) is 14.8. The monoisotopic (exact) mass is 374 g/mol.